The van der Waals surface area contributed by atoms with Crippen molar-refractivity contribution in [3.8, 4) is 11.4 Å². The molecular weight excluding hydrogens is 440 g/mol. The fourth-order valence-electron chi connectivity index (χ4n) is 4.61. The average molecular weight is 463 g/mol. The number of H-pyrrole nitrogens is 1. The predicted molar refractivity (Wildman–Crippen MR) is 129 cm³/mol. The third-order valence-corrected chi connectivity index (χ3v) is 6.83. The van der Waals surface area contributed by atoms with Gasteiger partial charge in [0.05, 0.1) is 12.2 Å². The van der Waals surface area contributed by atoms with Crippen molar-refractivity contribution in [2.75, 3.05) is 0 Å². The van der Waals surface area contributed by atoms with Gasteiger partial charge in [-0.3, -0.25) is 18.6 Å². The van der Waals surface area contributed by atoms with Crippen LogP contribution in [0.25, 0.3) is 33.3 Å². The lowest BCUT2D eigenvalue weighted by atomic mass is 10.1. The molecule has 4 heterocycles. The Balaban J connectivity index is 1.64. The second-order valence-corrected chi connectivity index (χ2v) is 9.35. The molecule has 0 aliphatic heterocycles. The molecule has 1 N–H and O–H groups in total. The first-order chi connectivity index (χ1) is 15.9. The Morgan fingerprint density at radius 3 is 2.73 bits per heavy atom. The highest BCUT2D eigenvalue weighted by Crippen LogP contribution is 2.33. The number of nitrogens with one attached hydrogen (secondary N) is 1. The highest BCUT2D eigenvalue weighted by atomic mass is 35.5. The van der Waals surface area contributed by atoms with Gasteiger partial charge in [-0.15, -0.1) is 0 Å². The molecule has 1 fully saturated rings. The quantitative estimate of drug-likeness (QED) is 0.434. The minimum Gasteiger partial charge on any atom is -0.361 e. The third-order valence-electron chi connectivity index (χ3n) is 6.60. The molecule has 1 aromatic carbocycles. The van der Waals surface area contributed by atoms with Crippen LogP contribution in [0.2, 0.25) is 5.02 Å². The van der Waals surface area contributed by atoms with Gasteiger partial charge in [-0.1, -0.05) is 11.6 Å². The van der Waals surface area contributed by atoms with Crippen molar-refractivity contribution >= 4 is 33.5 Å². The van der Waals surface area contributed by atoms with E-state index in [1.165, 1.54) is 4.57 Å². The van der Waals surface area contributed by atoms with Gasteiger partial charge in [-0.05, 0) is 54.7 Å². The lowest BCUT2D eigenvalue weighted by Gasteiger charge is -2.09. The Kier molecular flexibility index (Phi) is 4.42. The number of rotatable bonds is 5. The zero-order chi connectivity index (χ0) is 22.9. The molecule has 0 bridgehead atoms. The lowest BCUT2D eigenvalue weighted by Crippen LogP contribution is -2.38. The van der Waals surface area contributed by atoms with Crippen LogP contribution >= 0.6 is 11.6 Å². The van der Waals surface area contributed by atoms with E-state index in [0.717, 1.165) is 35.0 Å². The van der Waals surface area contributed by atoms with Crippen LogP contribution in [0.3, 0.4) is 0 Å². The van der Waals surface area contributed by atoms with Gasteiger partial charge in [0.25, 0.3) is 5.56 Å². The van der Waals surface area contributed by atoms with E-state index in [0.29, 0.717) is 40.8 Å². The molecular formula is C24H23ClN6O2. The van der Waals surface area contributed by atoms with Gasteiger partial charge in [0, 0.05) is 49.0 Å². The van der Waals surface area contributed by atoms with Crippen LogP contribution in [0.1, 0.15) is 18.4 Å². The molecule has 9 heteroatoms. The van der Waals surface area contributed by atoms with E-state index in [4.69, 9.17) is 16.7 Å². The number of aromatic amines is 1. The van der Waals surface area contributed by atoms with Gasteiger partial charge in [-0.2, -0.15) is 5.10 Å². The number of aryl methyl sites for hydroxylation is 1. The van der Waals surface area contributed by atoms with E-state index in [2.05, 4.69) is 4.98 Å². The van der Waals surface area contributed by atoms with Gasteiger partial charge in [0.15, 0.2) is 5.65 Å². The van der Waals surface area contributed by atoms with Gasteiger partial charge >= 0.3 is 5.69 Å². The normalized spacial score (nSPS) is 14.0. The van der Waals surface area contributed by atoms with Crippen molar-refractivity contribution < 1.29 is 0 Å². The Bertz CT molecular complexity index is 1660. The Labute approximate surface area is 193 Å². The van der Waals surface area contributed by atoms with E-state index in [1.807, 2.05) is 59.0 Å². The van der Waals surface area contributed by atoms with Gasteiger partial charge in [0.2, 0.25) is 0 Å². The van der Waals surface area contributed by atoms with Gasteiger partial charge in [0.1, 0.15) is 11.1 Å². The first-order valence-corrected chi connectivity index (χ1v) is 11.4. The summed E-state index contributed by atoms with van der Waals surface area (Å²) in [5, 5.41) is 6.99. The number of aromatic nitrogens is 6. The summed E-state index contributed by atoms with van der Waals surface area (Å²) in [6.07, 6.45) is 6.07. The highest BCUT2D eigenvalue weighted by Gasteiger charge is 2.28. The zero-order valence-corrected chi connectivity index (χ0v) is 19.1. The smallest absolute Gasteiger partial charge is 0.332 e. The molecule has 0 spiro atoms. The van der Waals surface area contributed by atoms with E-state index >= 15 is 0 Å². The molecule has 0 amide bonds. The predicted octanol–water partition coefficient (Wildman–Crippen LogP) is 3.50. The number of hydrogen-bond acceptors (Lipinski definition) is 3. The second kappa shape index (κ2) is 7.25. The summed E-state index contributed by atoms with van der Waals surface area (Å²) in [6.45, 7) is 1.01. The van der Waals surface area contributed by atoms with E-state index in [1.54, 1.807) is 11.6 Å². The molecule has 6 rings (SSSR count). The van der Waals surface area contributed by atoms with E-state index < -0.39 is 0 Å². The van der Waals surface area contributed by atoms with Crippen molar-refractivity contribution in [1.29, 1.82) is 0 Å². The standard InChI is InChI=1S/C24H23ClN6O2/c1-28-9-3-4-19(28)21-20-22(30(12-14-5-6-14)24(33)29(2)23(20)32)27-31(21)13-15-11-26-18-8-7-16(25)10-17(15)18/h3-4,7-11,14,26H,5-6,12-13H2,1-2H3. The molecule has 33 heavy (non-hydrogen) atoms. The van der Waals surface area contributed by atoms with Crippen LogP contribution in [0, 0.1) is 5.92 Å². The minimum atomic E-state index is -0.327. The molecule has 4 aromatic heterocycles. The van der Waals surface area contributed by atoms with Crippen molar-refractivity contribution in [1.82, 2.24) is 28.5 Å². The molecule has 1 saturated carbocycles. The number of halogens is 1. The van der Waals surface area contributed by atoms with Crippen molar-refractivity contribution in [3.05, 3.63) is 74.1 Å². The fourth-order valence-corrected chi connectivity index (χ4v) is 4.78. The van der Waals surface area contributed by atoms with Crippen LogP contribution in [0.4, 0.5) is 0 Å². The summed E-state index contributed by atoms with van der Waals surface area (Å²) in [6, 6.07) is 9.63. The molecule has 8 nitrogen and oxygen atoms in total. The third kappa shape index (κ3) is 3.16. The largest absolute Gasteiger partial charge is 0.361 e. The summed E-state index contributed by atoms with van der Waals surface area (Å²) in [7, 11) is 3.48. The minimum absolute atomic E-state index is 0.318. The zero-order valence-electron chi connectivity index (χ0n) is 18.4. The van der Waals surface area contributed by atoms with Gasteiger partial charge in [-0.25, -0.2) is 4.79 Å². The molecule has 0 saturated heterocycles. The van der Waals surface area contributed by atoms with Crippen LogP contribution < -0.4 is 11.2 Å². The van der Waals surface area contributed by atoms with Crippen LogP contribution in [-0.2, 0) is 27.2 Å². The molecule has 0 atom stereocenters. The summed E-state index contributed by atoms with van der Waals surface area (Å²) >= 11 is 6.26. The summed E-state index contributed by atoms with van der Waals surface area (Å²) in [5.41, 5.74) is 3.36. The van der Waals surface area contributed by atoms with Crippen molar-refractivity contribution in [3.63, 3.8) is 0 Å². The molecule has 5 aromatic rings. The molecule has 1 aliphatic carbocycles. The van der Waals surface area contributed by atoms with Gasteiger partial charge < -0.3 is 9.55 Å². The maximum Gasteiger partial charge on any atom is 0.332 e. The Hall–Kier alpha value is -3.52. The molecule has 1 aliphatic rings. The number of nitrogens with zero attached hydrogens (tertiary/aromatic N) is 5. The van der Waals surface area contributed by atoms with Crippen molar-refractivity contribution in [2.45, 2.75) is 25.9 Å². The van der Waals surface area contributed by atoms with Crippen molar-refractivity contribution in [2.24, 2.45) is 20.0 Å². The maximum absolute atomic E-state index is 13.4. The van der Waals surface area contributed by atoms with E-state index in [-0.39, 0.29) is 11.2 Å². The molecule has 0 radical (unpaired) electrons. The average Bonchev–Trinajstić information content (AvgIpc) is 3.21. The molecule has 168 valence electrons. The monoisotopic (exact) mass is 462 g/mol. The first kappa shape index (κ1) is 20.1. The summed E-state index contributed by atoms with van der Waals surface area (Å²) in [5.74, 6) is 0.461. The van der Waals surface area contributed by atoms with Crippen LogP contribution in [0.15, 0.2) is 52.3 Å². The van der Waals surface area contributed by atoms with Crippen LogP contribution in [-0.4, -0.2) is 28.5 Å². The number of hydrogen-bond donors (Lipinski definition) is 1. The number of benzene rings is 1. The number of fused-ring (bicyclic) bond motifs is 2. The van der Waals surface area contributed by atoms with E-state index in [9.17, 15) is 9.59 Å². The summed E-state index contributed by atoms with van der Waals surface area (Å²) in [4.78, 5) is 29.7. The highest BCUT2D eigenvalue weighted by molar-refractivity contribution is 6.31. The lowest BCUT2D eigenvalue weighted by molar-refractivity contribution is 0.572. The topological polar surface area (TPSA) is 82.5 Å². The Morgan fingerprint density at radius 1 is 1.18 bits per heavy atom. The van der Waals surface area contributed by atoms with Crippen LogP contribution in [0.5, 0.6) is 0 Å². The first-order valence-electron chi connectivity index (χ1n) is 11.0. The molecule has 0 unspecified atom stereocenters. The summed E-state index contributed by atoms with van der Waals surface area (Å²) < 4.78 is 6.68. The Morgan fingerprint density at radius 2 is 2.00 bits per heavy atom. The fraction of sp³-hybridized carbons (Fsp3) is 0.292. The second-order valence-electron chi connectivity index (χ2n) is 8.91. The maximum atomic E-state index is 13.4. The SMILES string of the molecule is Cn1cccc1-c1c2c(=O)n(C)c(=O)n(CC3CC3)c2nn1Cc1c[nH]c2ccc(Cl)cc12.